The molecule has 37 heavy (non-hydrogen) atoms. The van der Waals surface area contributed by atoms with Crippen LogP contribution in [0.5, 0.6) is 28.7 Å². The van der Waals surface area contributed by atoms with E-state index >= 15 is 0 Å². The van der Waals surface area contributed by atoms with Crippen LogP contribution >= 0.6 is 0 Å². The fraction of sp³-hybridized carbons (Fsp3) is 0.519. The summed E-state index contributed by atoms with van der Waals surface area (Å²) in [7, 11) is 8.54. The first-order valence-corrected chi connectivity index (χ1v) is 12.3. The topological polar surface area (TPSA) is 119 Å². The molecule has 1 aliphatic heterocycles. The van der Waals surface area contributed by atoms with Crippen LogP contribution in [0.25, 0.3) is 0 Å². The summed E-state index contributed by atoms with van der Waals surface area (Å²) in [5.74, 6) is 0.0267. The Morgan fingerprint density at radius 3 is 2.19 bits per heavy atom. The van der Waals surface area contributed by atoms with Gasteiger partial charge in [0.1, 0.15) is 0 Å². The monoisotopic (exact) mass is 516 g/mol. The second-order valence-electron chi connectivity index (χ2n) is 9.54. The highest BCUT2D eigenvalue weighted by Crippen LogP contribution is 2.53. The third-order valence-electron chi connectivity index (χ3n) is 7.10. The van der Waals surface area contributed by atoms with Gasteiger partial charge in [0.2, 0.25) is 18.4 Å². The van der Waals surface area contributed by atoms with Gasteiger partial charge in [0.25, 0.3) is 0 Å². The number of aliphatic hydroxyl groups is 2. The van der Waals surface area contributed by atoms with Crippen LogP contribution in [0, 0.1) is 11.8 Å². The Kier molecular flexibility index (Phi) is 8.31. The van der Waals surface area contributed by atoms with Gasteiger partial charge in [0.15, 0.2) is 23.0 Å². The lowest BCUT2D eigenvalue weighted by molar-refractivity contribution is -0.131. The minimum absolute atomic E-state index is 0.0718. The van der Waals surface area contributed by atoms with Gasteiger partial charge in [-0.3, -0.25) is 4.79 Å². The summed E-state index contributed by atoms with van der Waals surface area (Å²) >= 11 is 0. The number of hydrogen-bond donors (Lipinski definition) is 3. The van der Waals surface area contributed by atoms with Crippen molar-refractivity contribution in [1.29, 1.82) is 0 Å². The molecule has 0 fully saturated rings. The van der Waals surface area contributed by atoms with E-state index in [0.717, 1.165) is 13.0 Å². The van der Waals surface area contributed by atoms with Crippen LogP contribution in [0.2, 0.25) is 0 Å². The van der Waals surface area contributed by atoms with Gasteiger partial charge in [0.05, 0.1) is 33.4 Å². The lowest BCUT2D eigenvalue weighted by atomic mass is 9.64. The van der Waals surface area contributed by atoms with Gasteiger partial charge in [0, 0.05) is 25.0 Å². The Bertz CT molecular complexity index is 1100. The minimum Gasteiger partial charge on any atom is -0.493 e. The highest BCUT2D eigenvalue weighted by atomic mass is 16.7. The molecule has 4 atom stereocenters. The lowest BCUT2D eigenvalue weighted by Gasteiger charge is -2.41. The normalized spacial score (nSPS) is 21.9. The largest absolute Gasteiger partial charge is 0.493 e. The van der Waals surface area contributed by atoms with Crippen molar-refractivity contribution in [2.45, 2.75) is 18.4 Å². The van der Waals surface area contributed by atoms with E-state index in [1.165, 1.54) is 21.3 Å². The van der Waals surface area contributed by atoms with Gasteiger partial charge in [-0.25, -0.2) is 0 Å². The summed E-state index contributed by atoms with van der Waals surface area (Å²) in [6.07, 6.45) is -0.313. The fourth-order valence-corrected chi connectivity index (χ4v) is 5.32. The molecule has 2 aromatic rings. The van der Waals surface area contributed by atoms with Gasteiger partial charge >= 0.3 is 0 Å². The number of nitrogens with zero attached hydrogens (tertiary/aromatic N) is 1. The Balaban J connectivity index is 1.86. The standard InChI is InChI=1S/C27H36N2O8/c1-29(2)8-6-7-28-27(32)24-18(13-30)25(31)17-12-20-19(36-14-37-20)11-16(17)23(24)15-9-21(33-3)26(35-5)22(10-15)34-4/h9-12,18,23-25,30-31H,6-8,13-14H2,1-5H3,(H,28,32)/t18-,23+,24-,25-/m0/s1. The molecule has 0 aromatic heterocycles. The minimum atomic E-state index is -1.08. The third-order valence-corrected chi connectivity index (χ3v) is 7.10. The number of benzene rings is 2. The zero-order valence-electron chi connectivity index (χ0n) is 21.9. The molecule has 1 amide bonds. The zero-order chi connectivity index (χ0) is 26.7. The first-order valence-electron chi connectivity index (χ1n) is 12.3. The van der Waals surface area contributed by atoms with E-state index in [2.05, 4.69) is 5.32 Å². The molecule has 2 aliphatic rings. The summed E-state index contributed by atoms with van der Waals surface area (Å²) in [4.78, 5) is 15.8. The van der Waals surface area contributed by atoms with Crippen molar-refractivity contribution in [1.82, 2.24) is 10.2 Å². The second-order valence-corrected chi connectivity index (χ2v) is 9.54. The van der Waals surface area contributed by atoms with Gasteiger partial charge in [-0.15, -0.1) is 0 Å². The molecular weight excluding hydrogens is 480 g/mol. The Hall–Kier alpha value is -3.21. The predicted molar refractivity (Wildman–Crippen MR) is 136 cm³/mol. The number of carbonyl (C=O) groups is 1. The van der Waals surface area contributed by atoms with Crippen LogP contribution in [-0.4, -0.2) is 82.9 Å². The summed E-state index contributed by atoms with van der Waals surface area (Å²) in [5.41, 5.74) is 2.01. The highest BCUT2D eigenvalue weighted by molar-refractivity contribution is 5.82. The van der Waals surface area contributed by atoms with Crippen LogP contribution in [0.1, 0.15) is 35.1 Å². The van der Waals surface area contributed by atoms with Gasteiger partial charge in [-0.1, -0.05) is 0 Å². The maximum atomic E-state index is 13.7. The molecule has 0 saturated heterocycles. The van der Waals surface area contributed by atoms with Crippen molar-refractivity contribution >= 4 is 5.91 Å². The molecule has 0 unspecified atom stereocenters. The van der Waals surface area contributed by atoms with Crippen LogP contribution in [0.15, 0.2) is 24.3 Å². The van der Waals surface area contributed by atoms with Crippen molar-refractivity contribution in [3.8, 4) is 28.7 Å². The number of carbonyl (C=O) groups excluding carboxylic acids is 1. The number of aliphatic hydroxyl groups excluding tert-OH is 2. The van der Waals surface area contributed by atoms with Crippen molar-refractivity contribution < 1.29 is 38.7 Å². The van der Waals surface area contributed by atoms with E-state index in [1.807, 2.05) is 25.1 Å². The first-order chi connectivity index (χ1) is 17.8. The first kappa shape index (κ1) is 26.8. The van der Waals surface area contributed by atoms with Crippen LogP contribution in [0.3, 0.4) is 0 Å². The SMILES string of the molecule is COc1cc([C@@H]2c3cc4c(cc3[C@H](O)[C@@H](CO)[C@@H]2C(=O)NCCCN(C)C)OCO4)cc(OC)c1OC. The number of fused-ring (bicyclic) bond motifs is 2. The van der Waals surface area contributed by atoms with Crippen molar-refractivity contribution in [3.63, 3.8) is 0 Å². The smallest absolute Gasteiger partial charge is 0.231 e. The zero-order valence-corrected chi connectivity index (χ0v) is 21.9. The average Bonchev–Trinajstić information content (AvgIpc) is 3.36. The van der Waals surface area contributed by atoms with Gasteiger partial charge < -0.3 is 44.1 Å². The second kappa shape index (κ2) is 11.5. The summed E-state index contributed by atoms with van der Waals surface area (Å²) < 4.78 is 27.9. The third kappa shape index (κ3) is 5.14. The maximum absolute atomic E-state index is 13.7. The fourth-order valence-electron chi connectivity index (χ4n) is 5.32. The Morgan fingerprint density at radius 1 is 1.03 bits per heavy atom. The van der Waals surface area contributed by atoms with E-state index in [1.54, 1.807) is 18.2 Å². The van der Waals surface area contributed by atoms with Crippen LogP contribution in [-0.2, 0) is 4.79 Å². The van der Waals surface area contributed by atoms with Crippen LogP contribution in [0.4, 0.5) is 0 Å². The quantitative estimate of drug-likeness (QED) is 0.407. The molecule has 0 saturated carbocycles. The summed E-state index contributed by atoms with van der Waals surface area (Å²) in [6.45, 7) is 0.978. The average molecular weight is 517 g/mol. The molecule has 0 radical (unpaired) electrons. The van der Waals surface area contributed by atoms with Gasteiger partial charge in [-0.2, -0.15) is 0 Å². The molecule has 0 spiro atoms. The van der Waals surface area contributed by atoms with Gasteiger partial charge in [-0.05, 0) is 68.0 Å². The molecule has 10 nitrogen and oxygen atoms in total. The predicted octanol–water partition coefficient (Wildman–Crippen LogP) is 1.91. The number of nitrogens with one attached hydrogen (secondary N) is 1. The number of hydrogen-bond acceptors (Lipinski definition) is 9. The number of ether oxygens (including phenoxy) is 5. The van der Waals surface area contributed by atoms with Crippen molar-refractivity contribution in [3.05, 3.63) is 41.0 Å². The summed E-state index contributed by atoms with van der Waals surface area (Å²) in [5, 5.41) is 24.8. The van der Waals surface area contributed by atoms with E-state index in [4.69, 9.17) is 23.7 Å². The molecule has 10 heteroatoms. The molecule has 2 aromatic carbocycles. The molecular formula is C27H36N2O8. The molecule has 0 bridgehead atoms. The van der Waals surface area contributed by atoms with Crippen molar-refractivity contribution in [2.75, 3.05) is 61.9 Å². The Morgan fingerprint density at radius 2 is 1.65 bits per heavy atom. The molecule has 1 heterocycles. The molecule has 1 aliphatic carbocycles. The van der Waals surface area contributed by atoms with E-state index in [0.29, 0.717) is 52.0 Å². The number of methoxy groups -OCH3 is 3. The van der Waals surface area contributed by atoms with Crippen molar-refractivity contribution in [2.24, 2.45) is 11.8 Å². The summed E-state index contributed by atoms with van der Waals surface area (Å²) in [6, 6.07) is 7.16. The van der Waals surface area contributed by atoms with E-state index in [9.17, 15) is 15.0 Å². The van der Waals surface area contributed by atoms with E-state index < -0.39 is 23.9 Å². The van der Waals surface area contributed by atoms with E-state index in [-0.39, 0.29) is 19.3 Å². The lowest BCUT2D eigenvalue weighted by Crippen LogP contribution is -2.45. The molecule has 202 valence electrons. The highest BCUT2D eigenvalue weighted by Gasteiger charge is 2.47. The molecule has 3 N–H and O–H groups in total. The van der Waals surface area contributed by atoms with Crippen LogP contribution < -0.4 is 29.0 Å². The molecule has 4 rings (SSSR count). The number of rotatable bonds is 10. The maximum Gasteiger partial charge on any atom is 0.231 e. The number of amides is 1. The Labute approximate surface area is 217 Å².